The zero-order valence-electron chi connectivity index (χ0n) is 12.5. The molecule has 0 spiro atoms. The molecule has 1 fully saturated rings. The largest absolute Gasteiger partial charge is 0.461 e. The number of carbonyl (C=O) groups excluding carboxylic acids is 2. The Morgan fingerprint density at radius 2 is 2.23 bits per heavy atom. The first-order valence-corrected chi connectivity index (χ1v) is 7.82. The molecule has 114 valence electrons. The number of ether oxygens (including phenoxy) is 1. The Kier molecular flexibility index (Phi) is 2.96. The van der Waals surface area contributed by atoms with Crippen LogP contribution in [-0.2, 0) is 9.53 Å². The number of amides is 1. The summed E-state index contributed by atoms with van der Waals surface area (Å²) in [5.74, 6) is -0.0766. The van der Waals surface area contributed by atoms with Crippen LogP contribution in [0.3, 0.4) is 0 Å². The second-order valence-electron chi connectivity index (χ2n) is 5.99. The molecule has 0 saturated heterocycles. The molecule has 0 bridgehead atoms. The SMILES string of the molecule is CCOC(=O)c1cc2cccc3c2n1C(C1CCC1)C(=O)N3. The molecule has 1 amide bonds. The highest BCUT2D eigenvalue weighted by Gasteiger charge is 2.40. The average molecular weight is 298 g/mol. The average Bonchev–Trinajstić information content (AvgIpc) is 2.82. The maximum atomic E-state index is 12.6. The molecule has 1 atom stereocenters. The summed E-state index contributed by atoms with van der Waals surface area (Å²) in [6.45, 7) is 2.12. The van der Waals surface area contributed by atoms with Gasteiger partial charge in [-0.3, -0.25) is 4.79 Å². The van der Waals surface area contributed by atoms with Crippen LogP contribution in [0.25, 0.3) is 10.9 Å². The number of benzene rings is 1. The van der Waals surface area contributed by atoms with Gasteiger partial charge in [0.2, 0.25) is 5.91 Å². The summed E-state index contributed by atoms with van der Waals surface area (Å²) in [4.78, 5) is 24.9. The molecule has 5 heteroatoms. The summed E-state index contributed by atoms with van der Waals surface area (Å²) in [6.07, 6.45) is 3.21. The van der Waals surface area contributed by atoms with Crippen LogP contribution in [0.4, 0.5) is 5.69 Å². The van der Waals surface area contributed by atoms with Crippen molar-refractivity contribution in [2.75, 3.05) is 11.9 Å². The van der Waals surface area contributed by atoms with Crippen LogP contribution >= 0.6 is 0 Å². The van der Waals surface area contributed by atoms with E-state index in [-0.39, 0.29) is 17.9 Å². The Bertz CT molecular complexity index is 774. The van der Waals surface area contributed by atoms with Crippen molar-refractivity contribution in [1.82, 2.24) is 4.57 Å². The zero-order chi connectivity index (χ0) is 15.3. The quantitative estimate of drug-likeness (QED) is 0.886. The van der Waals surface area contributed by atoms with Crippen LogP contribution in [0.5, 0.6) is 0 Å². The van der Waals surface area contributed by atoms with Crippen LogP contribution < -0.4 is 5.32 Å². The highest BCUT2D eigenvalue weighted by molar-refractivity contribution is 6.09. The monoisotopic (exact) mass is 298 g/mol. The van der Waals surface area contributed by atoms with Crippen molar-refractivity contribution in [3.05, 3.63) is 30.0 Å². The molecule has 1 aliphatic heterocycles. The van der Waals surface area contributed by atoms with Crippen molar-refractivity contribution in [3.63, 3.8) is 0 Å². The van der Waals surface area contributed by atoms with E-state index in [0.29, 0.717) is 18.2 Å². The van der Waals surface area contributed by atoms with Gasteiger partial charge in [-0.2, -0.15) is 0 Å². The second-order valence-corrected chi connectivity index (χ2v) is 5.99. The van der Waals surface area contributed by atoms with Gasteiger partial charge >= 0.3 is 5.97 Å². The minimum Gasteiger partial charge on any atom is -0.461 e. The lowest BCUT2D eigenvalue weighted by atomic mass is 9.78. The van der Waals surface area contributed by atoms with Crippen molar-refractivity contribution >= 4 is 28.5 Å². The molecule has 1 saturated carbocycles. The number of nitrogens with zero attached hydrogens (tertiary/aromatic N) is 1. The molecule has 4 rings (SSSR count). The van der Waals surface area contributed by atoms with Gasteiger partial charge in [0, 0.05) is 5.39 Å². The Balaban J connectivity index is 1.95. The van der Waals surface area contributed by atoms with Crippen LogP contribution in [0.1, 0.15) is 42.7 Å². The van der Waals surface area contributed by atoms with Gasteiger partial charge in [-0.1, -0.05) is 18.6 Å². The molecule has 0 radical (unpaired) electrons. The van der Waals surface area contributed by atoms with E-state index in [1.54, 1.807) is 6.92 Å². The Hall–Kier alpha value is -2.30. The lowest BCUT2D eigenvalue weighted by Crippen LogP contribution is -2.39. The minimum atomic E-state index is -0.358. The van der Waals surface area contributed by atoms with E-state index in [1.165, 1.54) is 0 Å². The fraction of sp³-hybridized carbons (Fsp3) is 0.412. The van der Waals surface area contributed by atoms with Crippen molar-refractivity contribution in [2.45, 2.75) is 32.2 Å². The standard InChI is InChI=1S/C17H18N2O3/c1-2-22-17(21)13-9-11-7-4-8-12-14(11)19(13)15(16(20)18-12)10-5-3-6-10/h4,7-10,15H,2-3,5-6H2,1H3,(H,18,20). The Morgan fingerprint density at radius 1 is 1.41 bits per heavy atom. The number of para-hydroxylation sites is 1. The van der Waals surface area contributed by atoms with E-state index in [9.17, 15) is 9.59 Å². The number of esters is 1. The lowest BCUT2D eigenvalue weighted by molar-refractivity contribution is -0.121. The number of aromatic nitrogens is 1. The smallest absolute Gasteiger partial charge is 0.354 e. The van der Waals surface area contributed by atoms with Crippen LogP contribution in [0.2, 0.25) is 0 Å². The number of rotatable bonds is 3. The zero-order valence-corrected chi connectivity index (χ0v) is 12.5. The predicted octanol–water partition coefficient (Wildman–Crippen LogP) is 3.11. The van der Waals surface area contributed by atoms with E-state index in [4.69, 9.17) is 4.74 Å². The van der Waals surface area contributed by atoms with Crippen molar-refractivity contribution in [3.8, 4) is 0 Å². The number of carbonyl (C=O) groups is 2. The number of nitrogens with one attached hydrogen (secondary N) is 1. The number of anilines is 1. The van der Waals surface area contributed by atoms with E-state index >= 15 is 0 Å². The summed E-state index contributed by atoms with van der Waals surface area (Å²) >= 11 is 0. The van der Waals surface area contributed by atoms with E-state index in [1.807, 2.05) is 28.8 Å². The first kappa shape index (κ1) is 13.4. The molecule has 2 aromatic rings. The van der Waals surface area contributed by atoms with Crippen molar-refractivity contribution in [1.29, 1.82) is 0 Å². The second kappa shape index (κ2) is 4.87. The minimum absolute atomic E-state index is 0.0218. The fourth-order valence-corrected chi connectivity index (χ4v) is 3.54. The van der Waals surface area contributed by atoms with E-state index in [2.05, 4.69) is 5.32 Å². The third-order valence-corrected chi connectivity index (χ3v) is 4.75. The summed E-state index contributed by atoms with van der Waals surface area (Å²) in [7, 11) is 0. The maximum Gasteiger partial charge on any atom is 0.354 e. The summed E-state index contributed by atoms with van der Waals surface area (Å²) in [5, 5.41) is 3.96. The van der Waals surface area contributed by atoms with Gasteiger partial charge in [-0.25, -0.2) is 4.79 Å². The van der Waals surface area contributed by atoms with Crippen molar-refractivity contribution in [2.24, 2.45) is 5.92 Å². The molecule has 1 unspecified atom stereocenters. The number of hydrogen-bond acceptors (Lipinski definition) is 3. The van der Waals surface area contributed by atoms with Gasteiger partial charge in [-0.05, 0) is 37.8 Å². The highest BCUT2D eigenvalue weighted by Crippen LogP contribution is 2.43. The fourth-order valence-electron chi connectivity index (χ4n) is 3.54. The van der Waals surface area contributed by atoms with Crippen LogP contribution in [-0.4, -0.2) is 23.1 Å². The van der Waals surface area contributed by atoms with Gasteiger partial charge in [0.05, 0.1) is 17.8 Å². The maximum absolute atomic E-state index is 12.6. The molecule has 2 aliphatic rings. The Labute approximate surface area is 128 Å². The molecule has 1 aliphatic carbocycles. The molecule has 1 aromatic heterocycles. The van der Waals surface area contributed by atoms with Gasteiger partial charge in [0.15, 0.2) is 0 Å². The molecular weight excluding hydrogens is 280 g/mol. The van der Waals surface area contributed by atoms with Crippen molar-refractivity contribution < 1.29 is 14.3 Å². The molecule has 5 nitrogen and oxygen atoms in total. The first-order valence-electron chi connectivity index (χ1n) is 7.82. The van der Waals surface area contributed by atoms with Gasteiger partial charge in [0.1, 0.15) is 11.7 Å². The molecular formula is C17H18N2O3. The van der Waals surface area contributed by atoms with Crippen LogP contribution in [0.15, 0.2) is 24.3 Å². The van der Waals surface area contributed by atoms with E-state index < -0.39 is 0 Å². The molecule has 1 aromatic carbocycles. The molecule has 1 N–H and O–H groups in total. The number of hydrogen-bond donors (Lipinski definition) is 1. The predicted molar refractivity (Wildman–Crippen MR) is 82.9 cm³/mol. The third-order valence-electron chi connectivity index (χ3n) is 4.75. The summed E-state index contributed by atoms with van der Waals surface area (Å²) in [5.41, 5.74) is 2.19. The third kappa shape index (κ3) is 1.78. The topological polar surface area (TPSA) is 60.3 Å². The molecule has 22 heavy (non-hydrogen) atoms. The van der Waals surface area contributed by atoms with Crippen LogP contribution in [0, 0.1) is 5.92 Å². The lowest BCUT2D eigenvalue weighted by Gasteiger charge is -2.37. The molecule has 2 heterocycles. The van der Waals surface area contributed by atoms with Gasteiger partial charge in [-0.15, -0.1) is 0 Å². The van der Waals surface area contributed by atoms with Gasteiger partial charge in [0.25, 0.3) is 0 Å². The normalized spacial score (nSPS) is 20.6. The van der Waals surface area contributed by atoms with E-state index in [0.717, 1.165) is 35.9 Å². The first-order chi connectivity index (χ1) is 10.7. The van der Waals surface area contributed by atoms with Gasteiger partial charge < -0.3 is 14.6 Å². The Morgan fingerprint density at radius 3 is 2.91 bits per heavy atom. The summed E-state index contributed by atoms with van der Waals surface area (Å²) < 4.78 is 7.10. The highest BCUT2D eigenvalue weighted by atomic mass is 16.5. The summed E-state index contributed by atoms with van der Waals surface area (Å²) in [6, 6.07) is 7.26.